The molecule has 0 aliphatic rings. The summed E-state index contributed by atoms with van der Waals surface area (Å²) >= 11 is 0. The number of nitrogens with zero attached hydrogens (tertiary/aromatic N) is 2. The van der Waals surface area contributed by atoms with Crippen molar-refractivity contribution in [3.8, 4) is 28.3 Å². The summed E-state index contributed by atoms with van der Waals surface area (Å²) in [7, 11) is -0.337. The van der Waals surface area contributed by atoms with E-state index in [0.29, 0.717) is 28.3 Å². The SMILES string of the molecule is COS(=O)(=O)[O-].COc1ccc(C(=O)c2c(-c3ccco3)c([N+](=O)[O-])c(-c3ccccc3)[n+](C)c2C)cc1. The second-order valence-electron chi connectivity index (χ2n) is 7.82. The minimum Gasteiger partial charge on any atom is -0.726 e. The lowest BCUT2D eigenvalue weighted by Crippen LogP contribution is -2.38. The van der Waals surface area contributed by atoms with Crippen molar-refractivity contribution in [2.24, 2.45) is 7.05 Å². The van der Waals surface area contributed by atoms with Crippen molar-refractivity contribution >= 4 is 21.9 Å². The molecule has 0 bridgehead atoms. The highest BCUT2D eigenvalue weighted by Gasteiger charge is 2.39. The van der Waals surface area contributed by atoms with Crippen LogP contribution in [0, 0.1) is 17.0 Å². The van der Waals surface area contributed by atoms with E-state index in [1.54, 1.807) is 74.2 Å². The van der Waals surface area contributed by atoms with Gasteiger partial charge in [-0.2, -0.15) is 4.57 Å². The summed E-state index contributed by atoms with van der Waals surface area (Å²) in [6.45, 7) is 1.78. The van der Waals surface area contributed by atoms with E-state index in [1.165, 1.54) is 6.26 Å². The van der Waals surface area contributed by atoms with Crippen molar-refractivity contribution in [3.05, 3.63) is 99.9 Å². The Morgan fingerprint density at radius 2 is 1.61 bits per heavy atom. The molecule has 0 saturated carbocycles. The number of aromatic nitrogens is 1. The molecular weight excluding hydrogens is 516 g/mol. The highest BCUT2D eigenvalue weighted by Crippen LogP contribution is 2.41. The van der Waals surface area contributed by atoms with E-state index in [4.69, 9.17) is 9.15 Å². The summed E-state index contributed by atoms with van der Waals surface area (Å²) < 4.78 is 43.5. The lowest BCUT2D eigenvalue weighted by atomic mass is 9.92. The van der Waals surface area contributed by atoms with E-state index in [1.807, 2.05) is 18.2 Å². The first kappa shape index (κ1) is 28.2. The van der Waals surface area contributed by atoms with Crippen LogP contribution in [0.1, 0.15) is 21.6 Å². The highest BCUT2D eigenvalue weighted by molar-refractivity contribution is 7.80. The van der Waals surface area contributed by atoms with Gasteiger partial charge in [-0.05, 0) is 48.5 Å². The van der Waals surface area contributed by atoms with Crippen molar-refractivity contribution in [3.63, 3.8) is 0 Å². The van der Waals surface area contributed by atoms with E-state index in [9.17, 15) is 27.9 Å². The molecule has 0 saturated heterocycles. The van der Waals surface area contributed by atoms with Crippen molar-refractivity contribution < 1.29 is 40.6 Å². The Bertz CT molecular complexity index is 1550. The van der Waals surface area contributed by atoms with Gasteiger partial charge in [0.25, 0.3) is 5.69 Å². The topological polar surface area (TPSA) is 153 Å². The van der Waals surface area contributed by atoms with Crippen LogP contribution in [-0.4, -0.2) is 37.9 Å². The Labute approximate surface area is 219 Å². The fourth-order valence-electron chi connectivity index (χ4n) is 3.84. The lowest BCUT2D eigenvalue weighted by molar-refractivity contribution is -0.669. The molecule has 0 fully saturated rings. The lowest BCUT2D eigenvalue weighted by Gasteiger charge is -2.13. The molecule has 4 aromatic rings. The van der Waals surface area contributed by atoms with E-state index in [-0.39, 0.29) is 28.4 Å². The fraction of sp³-hybridized carbons (Fsp3) is 0.154. The monoisotopic (exact) mass is 540 g/mol. The van der Waals surface area contributed by atoms with Gasteiger partial charge in [0.05, 0.1) is 31.0 Å². The molecule has 2 aromatic heterocycles. The van der Waals surface area contributed by atoms with E-state index < -0.39 is 15.3 Å². The maximum Gasteiger partial charge on any atom is 0.352 e. The molecule has 0 radical (unpaired) electrons. The number of hydrogen-bond acceptors (Lipinski definition) is 9. The number of methoxy groups -OCH3 is 1. The van der Waals surface area contributed by atoms with E-state index in [2.05, 4.69) is 4.18 Å². The standard InChI is InChI=1S/C25H21N2O5.CH4O4S/c1-16-21(25(28)18-11-13-19(31-3)14-12-18)22(20-10-7-15-32-20)24(27(29)30)23(26(16)2)17-8-5-4-6-9-17;1-5-6(2,3)4/h4-15H,1-3H3;1H3,(H,2,3,4)/q+1;/p-1. The van der Waals surface area contributed by atoms with Gasteiger partial charge < -0.3 is 13.7 Å². The first-order valence-electron chi connectivity index (χ1n) is 11.0. The van der Waals surface area contributed by atoms with E-state index in [0.717, 1.165) is 7.11 Å². The number of rotatable bonds is 7. The molecule has 0 aliphatic carbocycles. The van der Waals surface area contributed by atoms with Crippen molar-refractivity contribution in [2.45, 2.75) is 6.92 Å². The van der Waals surface area contributed by atoms with Crippen LogP contribution in [0.4, 0.5) is 5.69 Å². The van der Waals surface area contributed by atoms with Crippen LogP contribution < -0.4 is 9.30 Å². The van der Waals surface area contributed by atoms with Crippen LogP contribution in [0.5, 0.6) is 5.75 Å². The molecule has 2 aromatic carbocycles. The Morgan fingerprint density at radius 1 is 1.00 bits per heavy atom. The van der Waals surface area contributed by atoms with Crippen LogP contribution in [0.2, 0.25) is 0 Å². The molecule has 0 spiro atoms. The van der Waals surface area contributed by atoms with Gasteiger partial charge in [0.15, 0.2) is 11.5 Å². The third kappa shape index (κ3) is 6.11. The van der Waals surface area contributed by atoms with Crippen molar-refractivity contribution in [2.75, 3.05) is 14.2 Å². The van der Waals surface area contributed by atoms with Gasteiger partial charge >= 0.3 is 5.69 Å². The number of furan rings is 1. The van der Waals surface area contributed by atoms with E-state index >= 15 is 0 Å². The zero-order valence-corrected chi connectivity index (χ0v) is 21.7. The quantitative estimate of drug-likeness (QED) is 0.0845. The maximum absolute atomic E-state index is 13.6. The van der Waals surface area contributed by atoms with Crippen LogP contribution in [0.3, 0.4) is 0 Å². The van der Waals surface area contributed by atoms with Gasteiger partial charge in [0, 0.05) is 12.5 Å². The van der Waals surface area contributed by atoms with Crippen molar-refractivity contribution in [1.29, 1.82) is 0 Å². The summed E-state index contributed by atoms with van der Waals surface area (Å²) in [4.78, 5) is 25.6. The molecule has 11 nitrogen and oxygen atoms in total. The molecule has 2 heterocycles. The predicted molar refractivity (Wildman–Crippen MR) is 135 cm³/mol. The number of ketones is 1. The van der Waals surface area contributed by atoms with Crippen LogP contribution in [0.15, 0.2) is 77.4 Å². The van der Waals surface area contributed by atoms with Crippen LogP contribution in [0.25, 0.3) is 22.6 Å². The number of nitro groups is 1. The van der Waals surface area contributed by atoms with Gasteiger partial charge in [-0.3, -0.25) is 19.1 Å². The maximum atomic E-state index is 13.6. The molecule has 0 amide bonds. The van der Waals surface area contributed by atoms with Gasteiger partial charge in [-0.15, -0.1) is 0 Å². The average molecular weight is 541 g/mol. The average Bonchev–Trinajstić information content (AvgIpc) is 3.44. The third-order valence-corrected chi connectivity index (χ3v) is 6.10. The van der Waals surface area contributed by atoms with Gasteiger partial charge in [-0.25, -0.2) is 8.42 Å². The van der Waals surface area contributed by atoms with Gasteiger partial charge in [0.2, 0.25) is 10.4 Å². The zero-order valence-electron chi connectivity index (χ0n) is 20.9. The predicted octanol–water partition coefficient (Wildman–Crippen LogP) is 3.99. The van der Waals surface area contributed by atoms with Crippen LogP contribution >= 0.6 is 0 Å². The zero-order chi connectivity index (χ0) is 28.0. The Balaban J connectivity index is 0.000000599. The number of hydrogen-bond donors (Lipinski definition) is 0. The summed E-state index contributed by atoms with van der Waals surface area (Å²) in [5.41, 5.74) is 2.24. The first-order valence-corrected chi connectivity index (χ1v) is 12.3. The third-order valence-electron chi connectivity index (χ3n) is 5.69. The minimum atomic E-state index is -4.41. The number of pyridine rings is 1. The summed E-state index contributed by atoms with van der Waals surface area (Å²) in [6, 6.07) is 19.0. The molecule has 198 valence electrons. The smallest absolute Gasteiger partial charge is 0.352 e. The molecule has 0 unspecified atom stereocenters. The molecular formula is C26H24N2O9S. The van der Waals surface area contributed by atoms with Gasteiger partial charge in [-0.1, -0.05) is 18.2 Å². The molecule has 0 aliphatic heterocycles. The Morgan fingerprint density at radius 3 is 2.08 bits per heavy atom. The molecule has 0 atom stereocenters. The normalized spacial score (nSPS) is 10.9. The van der Waals surface area contributed by atoms with Crippen molar-refractivity contribution in [1.82, 2.24) is 0 Å². The summed E-state index contributed by atoms with van der Waals surface area (Å²) in [5.74, 6) is 0.532. The number of ether oxygens (including phenoxy) is 1. The summed E-state index contributed by atoms with van der Waals surface area (Å²) in [6.07, 6.45) is 1.44. The second-order valence-corrected chi connectivity index (χ2v) is 8.97. The number of carbonyl (C=O) groups is 1. The van der Waals surface area contributed by atoms with Gasteiger partial charge in [0.1, 0.15) is 29.7 Å². The number of carbonyl (C=O) groups excluding carboxylic acids is 1. The highest BCUT2D eigenvalue weighted by atomic mass is 32.3. The number of benzene rings is 2. The minimum absolute atomic E-state index is 0.162. The molecule has 12 heteroatoms. The fourth-order valence-corrected chi connectivity index (χ4v) is 3.84. The van der Waals surface area contributed by atoms with Crippen LogP contribution in [-0.2, 0) is 21.6 Å². The first-order chi connectivity index (χ1) is 18.0. The second kappa shape index (κ2) is 11.8. The Kier molecular flexibility index (Phi) is 8.73. The largest absolute Gasteiger partial charge is 0.726 e. The molecule has 4 rings (SSSR count). The summed E-state index contributed by atoms with van der Waals surface area (Å²) in [5, 5.41) is 12.4. The Hall–Kier alpha value is -4.39. The molecule has 0 N–H and O–H groups in total. The molecule has 38 heavy (non-hydrogen) atoms.